The fourth-order valence-electron chi connectivity index (χ4n) is 5.87. The number of aliphatic hydroxyl groups is 1. The third-order valence-electron chi connectivity index (χ3n) is 7.84. The highest BCUT2D eigenvalue weighted by Crippen LogP contribution is 2.50. The van der Waals surface area contributed by atoms with Crippen LogP contribution in [0.15, 0.2) is 48.8 Å². The van der Waals surface area contributed by atoms with Crippen molar-refractivity contribution in [1.82, 2.24) is 25.4 Å². The molecule has 0 bridgehead atoms. The molecule has 4 heterocycles. The molecule has 0 spiro atoms. The van der Waals surface area contributed by atoms with Gasteiger partial charge >= 0.3 is 0 Å². The molecule has 35 heavy (non-hydrogen) atoms. The van der Waals surface area contributed by atoms with Crippen molar-refractivity contribution in [2.75, 3.05) is 26.7 Å². The minimum Gasteiger partial charge on any atom is -0.380 e. The number of aromatic nitrogens is 3. The maximum Gasteiger partial charge on any atom is 0.220 e. The van der Waals surface area contributed by atoms with E-state index in [1.165, 1.54) is 5.56 Å². The molecule has 184 valence electrons. The van der Waals surface area contributed by atoms with Crippen LogP contribution in [0.2, 0.25) is 0 Å². The summed E-state index contributed by atoms with van der Waals surface area (Å²) in [4.78, 5) is 18.6. The van der Waals surface area contributed by atoms with Crippen molar-refractivity contribution < 1.29 is 9.90 Å². The van der Waals surface area contributed by atoms with Gasteiger partial charge in [-0.1, -0.05) is 45.0 Å². The number of benzene rings is 1. The molecule has 2 saturated heterocycles. The van der Waals surface area contributed by atoms with E-state index in [-0.39, 0.29) is 17.2 Å². The number of piperidine rings is 1. The average Bonchev–Trinajstić information content (AvgIpc) is 3.33. The first-order valence-electron chi connectivity index (χ1n) is 12.5. The van der Waals surface area contributed by atoms with Crippen molar-refractivity contribution in [3.8, 4) is 11.3 Å². The smallest absolute Gasteiger partial charge is 0.220 e. The lowest BCUT2D eigenvalue weighted by atomic mass is 9.62. The van der Waals surface area contributed by atoms with E-state index in [1.807, 2.05) is 12.1 Å². The van der Waals surface area contributed by atoms with Crippen LogP contribution < -0.4 is 5.32 Å². The summed E-state index contributed by atoms with van der Waals surface area (Å²) < 4.78 is 0. The van der Waals surface area contributed by atoms with E-state index in [0.717, 1.165) is 47.6 Å². The average molecular weight is 474 g/mol. The summed E-state index contributed by atoms with van der Waals surface area (Å²) in [5, 5.41) is 23.0. The number of pyridine rings is 1. The van der Waals surface area contributed by atoms with Gasteiger partial charge in [0.2, 0.25) is 5.91 Å². The van der Waals surface area contributed by atoms with Gasteiger partial charge < -0.3 is 15.3 Å². The Bertz CT molecular complexity index is 1210. The number of carbonyl (C=O) groups is 1. The SMILES string of the molecule is CC(C)c1ccc([C@](O)(c2cncc(-c3cc(C4CCNC(=O)C4)[nH]n3)c2)C2(C)CN(C)C2)cc1. The van der Waals surface area contributed by atoms with E-state index < -0.39 is 5.60 Å². The summed E-state index contributed by atoms with van der Waals surface area (Å²) in [6.45, 7) is 8.76. The molecule has 0 saturated carbocycles. The molecule has 1 aromatic carbocycles. The molecule has 2 aromatic heterocycles. The van der Waals surface area contributed by atoms with Gasteiger partial charge in [0.1, 0.15) is 5.60 Å². The summed E-state index contributed by atoms with van der Waals surface area (Å²) in [6, 6.07) is 12.4. The van der Waals surface area contributed by atoms with E-state index in [1.54, 1.807) is 12.4 Å². The number of hydrogen-bond donors (Lipinski definition) is 3. The molecule has 2 aliphatic heterocycles. The van der Waals surface area contributed by atoms with Gasteiger partial charge in [0.15, 0.2) is 0 Å². The second kappa shape index (κ2) is 8.88. The van der Waals surface area contributed by atoms with Crippen LogP contribution >= 0.6 is 0 Å². The standard InChI is InChI=1S/C28H35N5O2/c1-18(2)19-5-7-22(8-6-19)28(35,27(3)16-33(4)17-27)23-11-21(14-29-15-23)25-13-24(31-32-25)20-9-10-30-26(34)12-20/h5-8,11,13-15,18,20,35H,9-10,12,16-17H2,1-4H3,(H,30,34)(H,31,32)/t20?,28-/m0/s1. The molecule has 3 N–H and O–H groups in total. The highest BCUT2D eigenvalue weighted by molar-refractivity contribution is 5.77. The molecule has 7 heteroatoms. The van der Waals surface area contributed by atoms with Gasteiger partial charge in [0.25, 0.3) is 0 Å². The molecule has 2 atom stereocenters. The first kappa shape index (κ1) is 23.7. The van der Waals surface area contributed by atoms with Gasteiger partial charge in [-0.2, -0.15) is 5.10 Å². The van der Waals surface area contributed by atoms with Crippen molar-refractivity contribution in [3.63, 3.8) is 0 Å². The molecule has 2 aliphatic rings. The zero-order valence-electron chi connectivity index (χ0n) is 21.0. The fraction of sp³-hybridized carbons (Fsp3) is 0.464. The highest BCUT2D eigenvalue weighted by Gasteiger charge is 2.55. The topological polar surface area (TPSA) is 94.1 Å². The normalized spacial score (nSPS) is 21.9. The molecule has 3 aromatic rings. The Morgan fingerprint density at radius 3 is 2.54 bits per heavy atom. The Morgan fingerprint density at radius 2 is 1.89 bits per heavy atom. The molecule has 7 nitrogen and oxygen atoms in total. The molecular weight excluding hydrogens is 438 g/mol. The zero-order chi connectivity index (χ0) is 24.8. The molecule has 5 rings (SSSR count). The maximum atomic E-state index is 12.5. The van der Waals surface area contributed by atoms with Gasteiger partial charge in [0.05, 0.1) is 5.69 Å². The van der Waals surface area contributed by atoms with Crippen LogP contribution in [-0.4, -0.2) is 57.8 Å². The third kappa shape index (κ3) is 4.17. The number of carbonyl (C=O) groups excluding carboxylic acids is 1. The quantitative estimate of drug-likeness (QED) is 0.507. The second-order valence-electron chi connectivity index (χ2n) is 10.9. The molecule has 0 aliphatic carbocycles. The van der Waals surface area contributed by atoms with Crippen molar-refractivity contribution in [2.24, 2.45) is 5.41 Å². The van der Waals surface area contributed by atoms with E-state index in [2.05, 4.69) is 77.5 Å². The zero-order valence-corrected chi connectivity index (χ0v) is 21.0. The van der Waals surface area contributed by atoms with Gasteiger partial charge in [-0.3, -0.25) is 14.9 Å². The third-order valence-corrected chi connectivity index (χ3v) is 7.84. The monoisotopic (exact) mass is 473 g/mol. The molecular formula is C28H35N5O2. The Labute approximate surface area is 207 Å². The van der Waals surface area contributed by atoms with Crippen molar-refractivity contribution in [3.05, 3.63) is 71.2 Å². The summed E-state index contributed by atoms with van der Waals surface area (Å²) >= 11 is 0. The Balaban J connectivity index is 1.52. The van der Waals surface area contributed by atoms with Gasteiger partial charge in [-0.15, -0.1) is 0 Å². The van der Waals surface area contributed by atoms with Crippen LogP contribution in [0.3, 0.4) is 0 Å². The Morgan fingerprint density at radius 1 is 1.14 bits per heavy atom. The lowest BCUT2D eigenvalue weighted by Gasteiger charge is -2.55. The first-order valence-corrected chi connectivity index (χ1v) is 12.5. The maximum absolute atomic E-state index is 12.5. The first-order chi connectivity index (χ1) is 16.7. The van der Waals surface area contributed by atoms with Crippen LogP contribution in [0.4, 0.5) is 0 Å². The molecule has 2 fully saturated rings. The summed E-state index contributed by atoms with van der Waals surface area (Å²) in [6.07, 6.45) is 4.93. The number of nitrogens with one attached hydrogen (secondary N) is 2. The van der Waals surface area contributed by atoms with Crippen LogP contribution in [-0.2, 0) is 10.4 Å². The molecule has 0 radical (unpaired) electrons. The predicted molar refractivity (Wildman–Crippen MR) is 136 cm³/mol. The molecule has 1 amide bonds. The van der Waals surface area contributed by atoms with Crippen LogP contribution in [0.5, 0.6) is 0 Å². The summed E-state index contributed by atoms with van der Waals surface area (Å²) in [5.41, 5.74) is 3.93. The lowest BCUT2D eigenvalue weighted by Crippen LogP contribution is -2.63. The minimum atomic E-state index is -1.20. The number of aromatic amines is 1. The fourth-order valence-corrected chi connectivity index (χ4v) is 5.87. The van der Waals surface area contributed by atoms with Crippen molar-refractivity contribution in [1.29, 1.82) is 0 Å². The van der Waals surface area contributed by atoms with Crippen molar-refractivity contribution in [2.45, 2.75) is 51.0 Å². The van der Waals surface area contributed by atoms with Crippen LogP contribution in [0.25, 0.3) is 11.3 Å². The number of hydrogen-bond acceptors (Lipinski definition) is 5. The van der Waals surface area contributed by atoms with Crippen LogP contribution in [0, 0.1) is 5.41 Å². The van der Waals surface area contributed by atoms with Gasteiger partial charge in [0, 0.05) is 66.6 Å². The number of H-pyrrole nitrogens is 1. The molecule has 1 unspecified atom stereocenters. The predicted octanol–water partition coefficient (Wildman–Crippen LogP) is 3.78. The Hall–Kier alpha value is -3.03. The van der Waals surface area contributed by atoms with Crippen LogP contribution in [0.1, 0.15) is 67.8 Å². The largest absolute Gasteiger partial charge is 0.380 e. The van der Waals surface area contributed by atoms with E-state index in [4.69, 9.17) is 0 Å². The number of rotatable bonds is 6. The summed E-state index contributed by atoms with van der Waals surface area (Å²) in [7, 11) is 2.08. The second-order valence-corrected chi connectivity index (χ2v) is 10.9. The Kier molecular flexibility index (Phi) is 6.01. The highest BCUT2D eigenvalue weighted by atomic mass is 16.3. The number of likely N-dealkylation sites (tertiary alicyclic amines) is 1. The van der Waals surface area contributed by atoms with E-state index >= 15 is 0 Å². The van der Waals surface area contributed by atoms with Gasteiger partial charge in [-0.25, -0.2) is 0 Å². The van der Waals surface area contributed by atoms with E-state index in [0.29, 0.717) is 18.9 Å². The van der Waals surface area contributed by atoms with Gasteiger partial charge in [-0.05, 0) is 42.6 Å². The lowest BCUT2D eigenvalue weighted by molar-refractivity contribution is -0.127. The van der Waals surface area contributed by atoms with E-state index in [9.17, 15) is 9.90 Å². The number of amides is 1. The summed E-state index contributed by atoms with van der Waals surface area (Å²) in [5.74, 6) is 0.645. The minimum absolute atomic E-state index is 0.0772. The van der Waals surface area contributed by atoms with Crippen molar-refractivity contribution >= 4 is 5.91 Å². The number of nitrogens with zero attached hydrogens (tertiary/aromatic N) is 3.